The molecule has 0 spiro atoms. The molecule has 0 saturated carbocycles. The van der Waals surface area contributed by atoms with Gasteiger partial charge in [-0.2, -0.15) is 0 Å². The molecule has 0 aromatic carbocycles. The van der Waals surface area contributed by atoms with Crippen LogP contribution in [0, 0.1) is 0 Å². The fourth-order valence-electron chi connectivity index (χ4n) is 2.08. The predicted octanol–water partition coefficient (Wildman–Crippen LogP) is 4.60. The van der Waals surface area contributed by atoms with E-state index in [9.17, 15) is 0 Å². The summed E-state index contributed by atoms with van der Waals surface area (Å²) < 4.78 is 22.9. The summed E-state index contributed by atoms with van der Waals surface area (Å²) in [6, 6.07) is 0. The van der Waals surface area contributed by atoms with Crippen molar-refractivity contribution in [1.29, 1.82) is 0 Å². The Balaban J connectivity index is 3.48. The number of rotatable bonds is 17. The molecule has 0 amide bonds. The predicted molar refractivity (Wildman–Crippen MR) is 96.1 cm³/mol. The van der Waals surface area contributed by atoms with E-state index in [0.29, 0.717) is 19.8 Å². The smallest absolute Gasteiger partial charge is 0.0781 e. The van der Waals surface area contributed by atoms with E-state index in [-0.39, 0.29) is 18.3 Å². The van der Waals surface area contributed by atoms with Gasteiger partial charge in [-0.25, -0.2) is 0 Å². The van der Waals surface area contributed by atoms with E-state index in [1.54, 1.807) is 0 Å². The zero-order valence-electron chi connectivity index (χ0n) is 16.1. The van der Waals surface area contributed by atoms with E-state index in [1.165, 1.54) is 25.7 Å². The van der Waals surface area contributed by atoms with Gasteiger partial charge >= 0.3 is 0 Å². The van der Waals surface area contributed by atoms with Gasteiger partial charge in [-0.15, -0.1) is 0 Å². The molecule has 3 atom stereocenters. The highest BCUT2D eigenvalue weighted by Crippen LogP contribution is 2.03. The van der Waals surface area contributed by atoms with E-state index in [1.807, 2.05) is 13.8 Å². The minimum Gasteiger partial charge on any atom is -0.379 e. The van der Waals surface area contributed by atoms with Crippen molar-refractivity contribution in [3.05, 3.63) is 0 Å². The van der Waals surface area contributed by atoms with Gasteiger partial charge in [0.05, 0.1) is 38.1 Å². The first-order valence-electron chi connectivity index (χ1n) is 9.52. The van der Waals surface area contributed by atoms with Crippen LogP contribution < -0.4 is 0 Å². The molecule has 0 bridgehead atoms. The van der Waals surface area contributed by atoms with Gasteiger partial charge in [0.2, 0.25) is 0 Å². The number of ether oxygens (including phenoxy) is 4. The van der Waals surface area contributed by atoms with Crippen molar-refractivity contribution in [2.75, 3.05) is 33.0 Å². The van der Waals surface area contributed by atoms with E-state index in [0.717, 1.165) is 26.1 Å². The monoisotopic (exact) mass is 332 g/mol. The lowest BCUT2D eigenvalue weighted by Crippen LogP contribution is -2.26. The topological polar surface area (TPSA) is 36.9 Å². The van der Waals surface area contributed by atoms with Crippen molar-refractivity contribution in [1.82, 2.24) is 0 Å². The number of hydrogen-bond donors (Lipinski definition) is 0. The molecule has 0 aliphatic heterocycles. The molecule has 0 heterocycles. The molecule has 23 heavy (non-hydrogen) atoms. The number of unbranched alkanes of at least 4 members (excludes halogenated alkanes) is 4. The molecule has 0 N–H and O–H groups in total. The average Bonchev–Trinajstić information content (AvgIpc) is 2.54. The van der Waals surface area contributed by atoms with Gasteiger partial charge in [0.15, 0.2) is 0 Å². The summed E-state index contributed by atoms with van der Waals surface area (Å²) in [6.45, 7) is 14.1. The van der Waals surface area contributed by atoms with Gasteiger partial charge in [-0.1, -0.05) is 39.5 Å². The third-order valence-corrected chi connectivity index (χ3v) is 3.63. The molecular weight excluding hydrogens is 292 g/mol. The Hall–Kier alpha value is -0.160. The minimum atomic E-state index is 0.0826. The molecule has 0 aliphatic rings. The van der Waals surface area contributed by atoms with Gasteiger partial charge < -0.3 is 18.9 Å². The largest absolute Gasteiger partial charge is 0.379 e. The molecule has 140 valence electrons. The lowest BCUT2D eigenvalue weighted by molar-refractivity contribution is -0.0801. The summed E-state index contributed by atoms with van der Waals surface area (Å²) in [5, 5.41) is 0. The van der Waals surface area contributed by atoms with Crippen LogP contribution in [0.25, 0.3) is 0 Å². The van der Waals surface area contributed by atoms with Gasteiger partial charge in [0.1, 0.15) is 0 Å². The summed E-state index contributed by atoms with van der Waals surface area (Å²) in [7, 11) is 0. The number of hydrogen-bond acceptors (Lipinski definition) is 4. The van der Waals surface area contributed by atoms with Crippen molar-refractivity contribution in [3.63, 3.8) is 0 Å². The molecule has 0 saturated heterocycles. The zero-order chi connectivity index (χ0) is 17.3. The summed E-state index contributed by atoms with van der Waals surface area (Å²) in [6.07, 6.45) is 7.54. The van der Waals surface area contributed by atoms with Crippen molar-refractivity contribution < 1.29 is 18.9 Å². The highest BCUT2D eigenvalue weighted by molar-refractivity contribution is 4.55. The first-order valence-corrected chi connectivity index (χ1v) is 9.52. The first kappa shape index (κ1) is 22.8. The van der Waals surface area contributed by atoms with E-state index < -0.39 is 0 Å². The second-order valence-electron chi connectivity index (χ2n) is 6.46. The summed E-state index contributed by atoms with van der Waals surface area (Å²) in [5.74, 6) is 0. The Morgan fingerprint density at radius 2 is 1.04 bits per heavy atom. The Morgan fingerprint density at radius 1 is 0.565 bits per heavy atom. The average molecular weight is 333 g/mol. The van der Waals surface area contributed by atoms with Gasteiger partial charge in [0, 0.05) is 13.2 Å². The fraction of sp³-hybridized carbons (Fsp3) is 1.00. The normalized spacial score (nSPS) is 15.5. The van der Waals surface area contributed by atoms with Crippen LogP contribution in [-0.4, -0.2) is 51.3 Å². The van der Waals surface area contributed by atoms with E-state index >= 15 is 0 Å². The van der Waals surface area contributed by atoms with Crippen LogP contribution in [0.1, 0.15) is 73.1 Å². The SMILES string of the molecule is CCCCCOCC(C)OCC(C)OCC(C)OCCCCC. The maximum atomic E-state index is 5.78. The lowest BCUT2D eigenvalue weighted by atomic mass is 10.3. The molecule has 0 aromatic rings. The van der Waals surface area contributed by atoms with Crippen molar-refractivity contribution in [2.45, 2.75) is 91.5 Å². The summed E-state index contributed by atoms with van der Waals surface area (Å²) >= 11 is 0. The van der Waals surface area contributed by atoms with E-state index in [2.05, 4.69) is 20.8 Å². The van der Waals surface area contributed by atoms with Crippen LogP contribution in [-0.2, 0) is 18.9 Å². The standard InChI is InChI=1S/C19H40O4/c1-6-8-10-12-20-14-17(3)22-16-19(5)23-15-18(4)21-13-11-9-7-2/h17-19H,6-16H2,1-5H3. The molecule has 3 unspecified atom stereocenters. The Labute approximate surface area is 144 Å². The van der Waals surface area contributed by atoms with Crippen molar-refractivity contribution in [2.24, 2.45) is 0 Å². The van der Waals surface area contributed by atoms with Crippen LogP contribution in [0.3, 0.4) is 0 Å². The van der Waals surface area contributed by atoms with Gasteiger partial charge in [-0.05, 0) is 33.6 Å². The third-order valence-electron chi connectivity index (χ3n) is 3.63. The molecule has 4 nitrogen and oxygen atoms in total. The maximum Gasteiger partial charge on any atom is 0.0781 e. The molecule has 4 heteroatoms. The molecule has 0 aliphatic carbocycles. The molecule has 0 aromatic heterocycles. The van der Waals surface area contributed by atoms with Crippen LogP contribution in [0.4, 0.5) is 0 Å². The zero-order valence-corrected chi connectivity index (χ0v) is 16.1. The van der Waals surface area contributed by atoms with E-state index in [4.69, 9.17) is 18.9 Å². The maximum absolute atomic E-state index is 5.78. The second-order valence-corrected chi connectivity index (χ2v) is 6.46. The molecular formula is C19H40O4. The molecule has 0 fully saturated rings. The van der Waals surface area contributed by atoms with Crippen LogP contribution in [0.2, 0.25) is 0 Å². The Kier molecular flexibility index (Phi) is 16.6. The van der Waals surface area contributed by atoms with Crippen LogP contribution in [0.5, 0.6) is 0 Å². The van der Waals surface area contributed by atoms with Crippen molar-refractivity contribution >= 4 is 0 Å². The van der Waals surface area contributed by atoms with Gasteiger partial charge in [0.25, 0.3) is 0 Å². The molecule has 0 rings (SSSR count). The van der Waals surface area contributed by atoms with Gasteiger partial charge in [-0.3, -0.25) is 0 Å². The lowest BCUT2D eigenvalue weighted by Gasteiger charge is -2.20. The summed E-state index contributed by atoms with van der Waals surface area (Å²) in [5.41, 5.74) is 0. The Morgan fingerprint density at radius 3 is 1.61 bits per heavy atom. The minimum absolute atomic E-state index is 0.0826. The third kappa shape index (κ3) is 16.5. The highest BCUT2D eigenvalue weighted by Gasteiger charge is 2.10. The summed E-state index contributed by atoms with van der Waals surface area (Å²) in [4.78, 5) is 0. The Bertz CT molecular complexity index is 235. The quantitative estimate of drug-likeness (QED) is 0.365. The highest BCUT2D eigenvalue weighted by atomic mass is 16.6. The first-order chi connectivity index (χ1) is 11.1. The van der Waals surface area contributed by atoms with Crippen LogP contribution in [0.15, 0.2) is 0 Å². The fourth-order valence-corrected chi connectivity index (χ4v) is 2.08. The van der Waals surface area contributed by atoms with Crippen molar-refractivity contribution in [3.8, 4) is 0 Å². The molecule has 0 radical (unpaired) electrons. The van der Waals surface area contributed by atoms with Crippen LogP contribution >= 0.6 is 0 Å². The second kappa shape index (κ2) is 16.7.